The van der Waals surface area contributed by atoms with Gasteiger partial charge in [-0.2, -0.15) is 0 Å². The van der Waals surface area contributed by atoms with Gasteiger partial charge in [0, 0.05) is 30.6 Å². The number of nitrogens with two attached hydrogens (primary N) is 1. The summed E-state index contributed by atoms with van der Waals surface area (Å²) in [5.74, 6) is 0.858. The molecule has 4 heteroatoms. The van der Waals surface area contributed by atoms with E-state index in [1.54, 1.807) is 0 Å². The maximum atomic E-state index is 12.4. The third-order valence-corrected chi connectivity index (χ3v) is 5.28. The molecule has 2 saturated carbocycles. The van der Waals surface area contributed by atoms with Gasteiger partial charge in [-0.05, 0) is 51.5 Å². The first kappa shape index (κ1) is 13.4. The number of nitrogens with zero attached hydrogens (tertiary/aromatic N) is 1. The van der Waals surface area contributed by atoms with Crippen LogP contribution in [0.1, 0.15) is 45.4 Å². The molecule has 108 valence electrons. The lowest BCUT2D eigenvalue weighted by Crippen LogP contribution is -2.42. The average molecular weight is 265 g/mol. The van der Waals surface area contributed by atoms with E-state index in [4.69, 9.17) is 5.73 Å². The van der Waals surface area contributed by atoms with E-state index < -0.39 is 0 Å². The minimum Gasteiger partial charge on any atom is -0.352 e. The van der Waals surface area contributed by atoms with E-state index in [-0.39, 0.29) is 11.8 Å². The van der Waals surface area contributed by atoms with Crippen molar-refractivity contribution in [3.05, 3.63) is 0 Å². The predicted octanol–water partition coefficient (Wildman–Crippen LogP) is 1.10. The van der Waals surface area contributed by atoms with Crippen molar-refractivity contribution < 1.29 is 4.79 Å². The van der Waals surface area contributed by atoms with Crippen molar-refractivity contribution >= 4 is 5.91 Å². The number of carbonyl (C=O) groups is 1. The van der Waals surface area contributed by atoms with Gasteiger partial charge in [0.25, 0.3) is 0 Å². The molecule has 0 spiro atoms. The fourth-order valence-corrected chi connectivity index (χ4v) is 4.05. The van der Waals surface area contributed by atoms with E-state index in [9.17, 15) is 4.79 Å². The average Bonchev–Trinajstić information content (AvgIpc) is 2.99. The highest BCUT2D eigenvalue weighted by Gasteiger charge is 2.40. The van der Waals surface area contributed by atoms with Crippen LogP contribution in [0.15, 0.2) is 0 Å². The quantitative estimate of drug-likeness (QED) is 0.800. The molecule has 3 N–H and O–H groups in total. The van der Waals surface area contributed by atoms with E-state index in [0.29, 0.717) is 24.5 Å². The van der Waals surface area contributed by atoms with Crippen LogP contribution in [0.3, 0.4) is 0 Å². The Morgan fingerprint density at radius 1 is 1.32 bits per heavy atom. The normalized spacial score (nSPS) is 39.7. The third kappa shape index (κ3) is 2.79. The molecule has 4 nitrogen and oxygen atoms in total. The lowest BCUT2D eigenvalue weighted by atomic mass is 9.95. The summed E-state index contributed by atoms with van der Waals surface area (Å²) in [6, 6.07) is 1.80. The van der Waals surface area contributed by atoms with Gasteiger partial charge >= 0.3 is 0 Å². The second kappa shape index (κ2) is 5.41. The van der Waals surface area contributed by atoms with Crippen LogP contribution in [0.4, 0.5) is 0 Å². The number of nitrogens with one attached hydrogen (secondary N) is 1. The standard InChI is InChI=1S/C15H27N3O/c1-10-7-12(9-18(10)13-5-6-13)17-15(19)14-4-2-3-11(14)8-16/h10-14H,2-9,16H2,1H3,(H,17,19)/t10?,11-,12?,14-/m1/s1. The Labute approximate surface area is 116 Å². The lowest BCUT2D eigenvalue weighted by molar-refractivity contribution is -0.126. The summed E-state index contributed by atoms with van der Waals surface area (Å²) in [4.78, 5) is 15.0. The number of likely N-dealkylation sites (tertiary alicyclic amines) is 1. The van der Waals surface area contributed by atoms with Gasteiger partial charge in [0.2, 0.25) is 5.91 Å². The summed E-state index contributed by atoms with van der Waals surface area (Å²) in [6.45, 7) is 4.01. The zero-order valence-electron chi connectivity index (χ0n) is 12.0. The van der Waals surface area contributed by atoms with Crippen LogP contribution in [-0.2, 0) is 4.79 Å². The Morgan fingerprint density at radius 2 is 2.11 bits per heavy atom. The molecule has 3 fully saturated rings. The van der Waals surface area contributed by atoms with Crippen molar-refractivity contribution in [3.8, 4) is 0 Å². The molecule has 2 aliphatic carbocycles. The Kier molecular flexibility index (Phi) is 3.81. The molecule has 4 atom stereocenters. The zero-order chi connectivity index (χ0) is 13.4. The molecule has 0 bridgehead atoms. The molecule has 1 amide bonds. The minimum atomic E-state index is 0.176. The SMILES string of the molecule is CC1CC(NC(=O)[C@@H]2CCC[C@@H]2CN)CN1C1CC1. The molecule has 1 saturated heterocycles. The van der Waals surface area contributed by atoms with E-state index in [2.05, 4.69) is 17.1 Å². The number of amides is 1. The molecule has 19 heavy (non-hydrogen) atoms. The summed E-state index contributed by atoms with van der Waals surface area (Å²) in [5.41, 5.74) is 5.77. The molecule has 0 aromatic carbocycles. The Bertz CT molecular complexity index is 342. The first-order chi connectivity index (χ1) is 9.19. The predicted molar refractivity (Wildman–Crippen MR) is 75.6 cm³/mol. The summed E-state index contributed by atoms with van der Waals surface area (Å²) in [6.07, 6.45) is 7.13. The van der Waals surface area contributed by atoms with Crippen LogP contribution in [-0.4, -0.2) is 42.0 Å². The van der Waals surface area contributed by atoms with Gasteiger partial charge < -0.3 is 11.1 Å². The molecule has 2 unspecified atom stereocenters. The fourth-order valence-electron chi connectivity index (χ4n) is 4.05. The molecule has 3 rings (SSSR count). The van der Waals surface area contributed by atoms with Crippen LogP contribution < -0.4 is 11.1 Å². The van der Waals surface area contributed by atoms with Crippen molar-refractivity contribution in [2.75, 3.05) is 13.1 Å². The maximum absolute atomic E-state index is 12.4. The highest BCUT2D eigenvalue weighted by Crippen LogP contribution is 2.34. The first-order valence-corrected chi connectivity index (χ1v) is 7.95. The van der Waals surface area contributed by atoms with E-state index in [1.165, 1.54) is 12.8 Å². The van der Waals surface area contributed by atoms with Crippen molar-refractivity contribution in [3.63, 3.8) is 0 Å². The zero-order valence-corrected chi connectivity index (χ0v) is 12.0. The van der Waals surface area contributed by atoms with E-state index in [1.807, 2.05) is 0 Å². The smallest absolute Gasteiger partial charge is 0.223 e. The monoisotopic (exact) mass is 265 g/mol. The molecule has 0 aromatic heterocycles. The second-order valence-electron chi connectivity index (χ2n) is 6.75. The van der Waals surface area contributed by atoms with E-state index >= 15 is 0 Å². The molecule has 1 aliphatic heterocycles. The fraction of sp³-hybridized carbons (Fsp3) is 0.933. The number of hydrogen-bond donors (Lipinski definition) is 2. The van der Waals surface area contributed by atoms with Gasteiger partial charge in [0.05, 0.1) is 0 Å². The topological polar surface area (TPSA) is 58.4 Å². The van der Waals surface area contributed by atoms with Gasteiger partial charge in [-0.1, -0.05) is 6.42 Å². The number of hydrogen-bond acceptors (Lipinski definition) is 3. The Balaban J connectivity index is 1.52. The largest absolute Gasteiger partial charge is 0.352 e. The highest BCUT2D eigenvalue weighted by atomic mass is 16.2. The van der Waals surface area contributed by atoms with Crippen molar-refractivity contribution in [1.29, 1.82) is 0 Å². The summed E-state index contributed by atoms with van der Waals surface area (Å²) >= 11 is 0. The second-order valence-corrected chi connectivity index (χ2v) is 6.75. The molecule has 1 heterocycles. The van der Waals surface area contributed by atoms with Crippen LogP contribution >= 0.6 is 0 Å². The molecule has 0 radical (unpaired) electrons. The number of carbonyl (C=O) groups excluding carboxylic acids is 1. The maximum Gasteiger partial charge on any atom is 0.223 e. The summed E-state index contributed by atoms with van der Waals surface area (Å²) < 4.78 is 0. The first-order valence-electron chi connectivity index (χ1n) is 7.95. The van der Waals surface area contributed by atoms with Crippen molar-refractivity contribution in [2.45, 2.75) is 63.6 Å². The molecule has 0 aromatic rings. The van der Waals surface area contributed by atoms with Gasteiger partial charge in [-0.3, -0.25) is 9.69 Å². The van der Waals surface area contributed by atoms with Gasteiger partial charge in [0.1, 0.15) is 0 Å². The Hall–Kier alpha value is -0.610. The number of rotatable bonds is 4. The van der Waals surface area contributed by atoms with Gasteiger partial charge in [-0.25, -0.2) is 0 Å². The van der Waals surface area contributed by atoms with E-state index in [0.717, 1.165) is 38.3 Å². The van der Waals surface area contributed by atoms with Crippen LogP contribution in [0.2, 0.25) is 0 Å². The third-order valence-electron chi connectivity index (χ3n) is 5.28. The minimum absolute atomic E-state index is 0.176. The van der Waals surface area contributed by atoms with Crippen molar-refractivity contribution in [1.82, 2.24) is 10.2 Å². The van der Waals surface area contributed by atoms with Crippen LogP contribution in [0.5, 0.6) is 0 Å². The summed E-state index contributed by atoms with van der Waals surface area (Å²) in [5, 5.41) is 3.29. The van der Waals surface area contributed by atoms with Gasteiger partial charge in [0.15, 0.2) is 0 Å². The molecular weight excluding hydrogens is 238 g/mol. The van der Waals surface area contributed by atoms with Gasteiger partial charge in [-0.15, -0.1) is 0 Å². The molecular formula is C15H27N3O. The van der Waals surface area contributed by atoms with Crippen LogP contribution in [0.25, 0.3) is 0 Å². The van der Waals surface area contributed by atoms with Crippen molar-refractivity contribution in [2.24, 2.45) is 17.6 Å². The lowest BCUT2D eigenvalue weighted by Gasteiger charge is -2.21. The van der Waals surface area contributed by atoms with Crippen LogP contribution in [0, 0.1) is 11.8 Å². The molecule has 3 aliphatic rings. The summed E-state index contributed by atoms with van der Waals surface area (Å²) in [7, 11) is 0. The Morgan fingerprint density at radius 3 is 2.79 bits per heavy atom. The highest BCUT2D eigenvalue weighted by molar-refractivity contribution is 5.79.